The fourth-order valence-electron chi connectivity index (χ4n) is 2.49. The quantitative estimate of drug-likeness (QED) is 0.591. The molecule has 0 saturated heterocycles. The summed E-state index contributed by atoms with van der Waals surface area (Å²) >= 11 is 3.55. The molecule has 1 atom stereocenters. The van der Waals surface area contributed by atoms with Crippen LogP contribution in [0.2, 0.25) is 0 Å². The molecular formula is C20H27BrN2O2. The Hall–Kier alpha value is -1.62. The lowest BCUT2D eigenvalue weighted by atomic mass is 10.1. The zero-order valence-electron chi connectivity index (χ0n) is 15.5. The Balaban J connectivity index is 2.15. The first-order valence-electron chi connectivity index (χ1n) is 8.83. The number of ether oxygens (including phenoxy) is 1. The number of Topliss-reactive ketones (excluding diaryl/α,β-unsaturated/α-hetero) is 1. The fraction of sp³-hybridized carbons (Fsp3) is 0.500. The lowest BCUT2D eigenvalue weighted by molar-refractivity contribution is -0.117. The zero-order valence-corrected chi connectivity index (χ0v) is 17.1. The molecule has 0 aliphatic heterocycles. The summed E-state index contributed by atoms with van der Waals surface area (Å²) in [6.07, 6.45) is 2.33. The normalized spacial score (nSPS) is 12.2. The number of carbonyl (C=O) groups excluding carboxylic acids is 1. The lowest BCUT2D eigenvalue weighted by Crippen LogP contribution is -2.11. The third-order valence-corrected chi connectivity index (χ3v) is 4.82. The van der Waals surface area contributed by atoms with Gasteiger partial charge < -0.3 is 9.53 Å². The van der Waals surface area contributed by atoms with E-state index in [0.717, 1.165) is 33.6 Å². The summed E-state index contributed by atoms with van der Waals surface area (Å²) in [5, 5.41) is 4.65. The Labute approximate surface area is 158 Å². The van der Waals surface area contributed by atoms with Crippen LogP contribution in [0.25, 0.3) is 0 Å². The number of hydrogen-bond acceptors (Lipinski definition) is 3. The van der Waals surface area contributed by atoms with Gasteiger partial charge in [0, 0.05) is 22.2 Å². The molecule has 136 valence electrons. The van der Waals surface area contributed by atoms with Crippen molar-refractivity contribution in [1.82, 2.24) is 9.78 Å². The lowest BCUT2D eigenvalue weighted by Gasteiger charge is -2.15. The van der Waals surface area contributed by atoms with Crippen molar-refractivity contribution >= 4 is 21.7 Å². The molecule has 1 heterocycles. The maximum absolute atomic E-state index is 11.2. The van der Waals surface area contributed by atoms with Gasteiger partial charge in [-0.1, -0.05) is 36.2 Å². The highest BCUT2D eigenvalue weighted by Gasteiger charge is 2.11. The van der Waals surface area contributed by atoms with E-state index in [1.807, 2.05) is 23.7 Å². The van der Waals surface area contributed by atoms with Crippen LogP contribution in [0.15, 0.2) is 28.7 Å². The topological polar surface area (TPSA) is 44.1 Å². The Bertz CT molecular complexity index is 724. The molecule has 0 saturated carbocycles. The summed E-state index contributed by atoms with van der Waals surface area (Å²) in [5.74, 6) is 1.63. The number of halogens is 1. The van der Waals surface area contributed by atoms with E-state index in [1.54, 1.807) is 6.92 Å². The monoisotopic (exact) mass is 406 g/mol. The molecule has 0 spiro atoms. The molecule has 0 radical (unpaired) electrons. The Morgan fingerprint density at radius 1 is 1.36 bits per heavy atom. The average Bonchev–Trinajstić information content (AvgIpc) is 2.91. The van der Waals surface area contributed by atoms with Gasteiger partial charge in [-0.15, -0.1) is 0 Å². The standard InChI is InChI=1S/C20H27BrN2O2/c1-5-14(2)13-25-20-9-7-18(21)11-17(20)12-23-15(3)10-19(22-23)8-6-16(4)24/h7,9-11,14H,5-6,8,12-13H2,1-4H3. The number of aromatic nitrogens is 2. The second kappa shape index (κ2) is 9.18. The largest absolute Gasteiger partial charge is 0.493 e. The molecule has 0 bridgehead atoms. The van der Waals surface area contributed by atoms with Crippen molar-refractivity contribution in [1.29, 1.82) is 0 Å². The summed E-state index contributed by atoms with van der Waals surface area (Å²) in [6, 6.07) is 8.16. The number of nitrogens with zero attached hydrogens (tertiary/aromatic N) is 2. The molecule has 4 nitrogen and oxygen atoms in total. The molecule has 2 rings (SSSR count). The molecule has 0 aliphatic rings. The van der Waals surface area contributed by atoms with Gasteiger partial charge in [0.2, 0.25) is 0 Å². The minimum atomic E-state index is 0.194. The van der Waals surface area contributed by atoms with Gasteiger partial charge >= 0.3 is 0 Å². The van der Waals surface area contributed by atoms with Gasteiger partial charge in [0.1, 0.15) is 11.5 Å². The van der Waals surface area contributed by atoms with Gasteiger partial charge in [-0.3, -0.25) is 4.68 Å². The maximum atomic E-state index is 11.2. The van der Waals surface area contributed by atoms with Crippen molar-refractivity contribution in [2.24, 2.45) is 5.92 Å². The van der Waals surface area contributed by atoms with E-state index in [0.29, 0.717) is 31.9 Å². The molecular weight excluding hydrogens is 380 g/mol. The van der Waals surface area contributed by atoms with Gasteiger partial charge in [0.25, 0.3) is 0 Å². The second-order valence-electron chi connectivity index (χ2n) is 6.71. The van der Waals surface area contributed by atoms with E-state index in [9.17, 15) is 4.79 Å². The highest BCUT2D eigenvalue weighted by molar-refractivity contribution is 9.10. The van der Waals surface area contributed by atoms with Crippen LogP contribution in [-0.2, 0) is 17.8 Å². The van der Waals surface area contributed by atoms with Crippen LogP contribution in [-0.4, -0.2) is 22.2 Å². The highest BCUT2D eigenvalue weighted by atomic mass is 79.9. The van der Waals surface area contributed by atoms with Crippen LogP contribution < -0.4 is 4.74 Å². The van der Waals surface area contributed by atoms with Crippen LogP contribution in [0.3, 0.4) is 0 Å². The molecule has 0 amide bonds. The first-order chi connectivity index (χ1) is 11.9. The maximum Gasteiger partial charge on any atom is 0.130 e. The fourth-order valence-corrected chi connectivity index (χ4v) is 2.90. The first-order valence-corrected chi connectivity index (χ1v) is 9.62. The molecule has 0 fully saturated rings. The van der Waals surface area contributed by atoms with Crippen LogP contribution in [0.5, 0.6) is 5.75 Å². The highest BCUT2D eigenvalue weighted by Crippen LogP contribution is 2.25. The molecule has 25 heavy (non-hydrogen) atoms. The van der Waals surface area contributed by atoms with Crippen molar-refractivity contribution in [3.05, 3.63) is 45.7 Å². The van der Waals surface area contributed by atoms with E-state index < -0.39 is 0 Å². The number of carbonyl (C=O) groups is 1. The summed E-state index contributed by atoms with van der Waals surface area (Å²) in [5.41, 5.74) is 3.15. The van der Waals surface area contributed by atoms with Crippen molar-refractivity contribution in [3.8, 4) is 5.75 Å². The SMILES string of the molecule is CCC(C)COc1ccc(Br)cc1Cn1nc(CCC(C)=O)cc1C. The molecule has 5 heteroatoms. The van der Waals surface area contributed by atoms with Crippen LogP contribution in [0, 0.1) is 12.8 Å². The summed E-state index contributed by atoms with van der Waals surface area (Å²) in [6.45, 7) is 9.39. The van der Waals surface area contributed by atoms with E-state index in [4.69, 9.17) is 4.74 Å². The van der Waals surface area contributed by atoms with E-state index in [1.165, 1.54) is 0 Å². The Kier molecular flexibility index (Phi) is 7.24. The van der Waals surface area contributed by atoms with Crippen LogP contribution in [0.1, 0.15) is 50.6 Å². The third-order valence-electron chi connectivity index (χ3n) is 4.33. The van der Waals surface area contributed by atoms with E-state index in [2.05, 4.69) is 47.0 Å². The summed E-state index contributed by atoms with van der Waals surface area (Å²) in [4.78, 5) is 11.2. The van der Waals surface area contributed by atoms with E-state index in [-0.39, 0.29) is 5.78 Å². The number of benzene rings is 1. The molecule has 1 unspecified atom stereocenters. The molecule has 2 aromatic rings. The Morgan fingerprint density at radius 3 is 2.80 bits per heavy atom. The predicted molar refractivity (Wildman–Crippen MR) is 104 cm³/mol. The smallest absolute Gasteiger partial charge is 0.130 e. The van der Waals surface area contributed by atoms with Crippen molar-refractivity contribution < 1.29 is 9.53 Å². The minimum absolute atomic E-state index is 0.194. The van der Waals surface area contributed by atoms with Crippen LogP contribution >= 0.6 is 15.9 Å². The molecule has 1 aromatic carbocycles. The number of hydrogen-bond donors (Lipinski definition) is 0. The van der Waals surface area contributed by atoms with E-state index >= 15 is 0 Å². The molecule has 0 N–H and O–H groups in total. The average molecular weight is 407 g/mol. The third kappa shape index (κ3) is 5.99. The minimum Gasteiger partial charge on any atom is -0.493 e. The van der Waals surface area contributed by atoms with Gasteiger partial charge in [-0.2, -0.15) is 5.10 Å². The number of rotatable bonds is 9. The van der Waals surface area contributed by atoms with Crippen molar-refractivity contribution in [3.63, 3.8) is 0 Å². The second-order valence-corrected chi connectivity index (χ2v) is 7.63. The zero-order chi connectivity index (χ0) is 18.4. The van der Waals surface area contributed by atoms with Crippen LogP contribution in [0.4, 0.5) is 0 Å². The van der Waals surface area contributed by atoms with Gasteiger partial charge in [-0.25, -0.2) is 0 Å². The Morgan fingerprint density at radius 2 is 2.12 bits per heavy atom. The predicted octanol–water partition coefficient (Wildman–Crippen LogP) is 4.95. The molecule has 0 aliphatic carbocycles. The number of aryl methyl sites for hydroxylation is 2. The molecule has 1 aromatic heterocycles. The number of ketones is 1. The van der Waals surface area contributed by atoms with Crippen molar-refractivity contribution in [2.75, 3.05) is 6.61 Å². The van der Waals surface area contributed by atoms with Gasteiger partial charge in [-0.05, 0) is 50.5 Å². The summed E-state index contributed by atoms with van der Waals surface area (Å²) < 4.78 is 9.04. The first kappa shape index (κ1) is 19.7. The van der Waals surface area contributed by atoms with Gasteiger partial charge in [0.15, 0.2) is 0 Å². The summed E-state index contributed by atoms with van der Waals surface area (Å²) in [7, 11) is 0. The van der Waals surface area contributed by atoms with Crippen molar-refractivity contribution in [2.45, 2.75) is 53.5 Å². The van der Waals surface area contributed by atoms with Gasteiger partial charge in [0.05, 0.1) is 18.8 Å².